The van der Waals surface area contributed by atoms with E-state index >= 15 is 0 Å². The van der Waals surface area contributed by atoms with Gasteiger partial charge in [-0.1, -0.05) is 17.7 Å². The minimum atomic E-state index is -0.462. The number of aryl methyl sites for hydroxylation is 1. The van der Waals surface area contributed by atoms with Crippen molar-refractivity contribution in [3.8, 4) is 0 Å². The SMILES string of the molecule is O=C(NC(CC1CCCN1)c1ccc(Cl)c(F)c1)C1CCc2cnc(NC3CCOCC3)nc2C1. The van der Waals surface area contributed by atoms with E-state index in [4.69, 9.17) is 21.3 Å². The summed E-state index contributed by atoms with van der Waals surface area (Å²) < 4.78 is 19.7. The number of aromatic nitrogens is 2. The molecule has 188 valence electrons. The zero-order chi connectivity index (χ0) is 24.2. The maximum absolute atomic E-state index is 14.2. The third kappa shape index (κ3) is 6.11. The van der Waals surface area contributed by atoms with Crippen molar-refractivity contribution >= 4 is 23.5 Å². The van der Waals surface area contributed by atoms with Crippen LogP contribution in [0.5, 0.6) is 0 Å². The number of ether oxygens (including phenoxy) is 1. The number of fused-ring (bicyclic) bond motifs is 1. The first kappa shape index (κ1) is 24.4. The van der Waals surface area contributed by atoms with Crippen LogP contribution in [0.25, 0.3) is 0 Å². The van der Waals surface area contributed by atoms with Crippen LogP contribution < -0.4 is 16.0 Å². The molecule has 2 fully saturated rings. The summed E-state index contributed by atoms with van der Waals surface area (Å²) in [5.74, 6) is -0.0229. The predicted molar refractivity (Wildman–Crippen MR) is 133 cm³/mol. The maximum atomic E-state index is 14.2. The Kier molecular flexibility index (Phi) is 7.80. The first-order valence-electron chi connectivity index (χ1n) is 12.7. The van der Waals surface area contributed by atoms with Gasteiger partial charge >= 0.3 is 0 Å². The first-order valence-corrected chi connectivity index (χ1v) is 13.1. The maximum Gasteiger partial charge on any atom is 0.223 e. The Morgan fingerprint density at radius 1 is 1.26 bits per heavy atom. The number of amides is 1. The molecule has 0 spiro atoms. The van der Waals surface area contributed by atoms with Crippen molar-refractivity contribution in [2.24, 2.45) is 5.92 Å². The lowest BCUT2D eigenvalue weighted by molar-refractivity contribution is -0.126. The van der Waals surface area contributed by atoms with Crippen molar-refractivity contribution in [1.29, 1.82) is 0 Å². The molecular weight excluding hydrogens is 469 g/mol. The summed E-state index contributed by atoms with van der Waals surface area (Å²) in [7, 11) is 0. The van der Waals surface area contributed by atoms with Crippen molar-refractivity contribution in [3.63, 3.8) is 0 Å². The van der Waals surface area contributed by atoms with Crippen LogP contribution in [0.3, 0.4) is 0 Å². The van der Waals surface area contributed by atoms with Crippen molar-refractivity contribution in [2.75, 3.05) is 25.1 Å². The highest BCUT2D eigenvalue weighted by Crippen LogP contribution is 2.29. The zero-order valence-corrected chi connectivity index (χ0v) is 20.6. The van der Waals surface area contributed by atoms with Gasteiger partial charge in [0, 0.05) is 49.5 Å². The molecule has 7 nitrogen and oxygen atoms in total. The molecule has 1 aromatic carbocycles. The number of nitrogens with one attached hydrogen (secondary N) is 3. The quantitative estimate of drug-likeness (QED) is 0.532. The molecular formula is C26H33ClFN5O2. The fourth-order valence-corrected chi connectivity index (χ4v) is 5.47. The molecule has 9 heteroatoms. The van der Waals surface area contributed by atoms with E-state index in [1.54, 1.807) is 6.07 Å². The van der Waals surface area contributed by atoms with Gasteiger partial charge in [0.2, 0.25) is 11.9 Å². The molecule has 0 bridgehead atoms. The van der Waals surface area contributed by atoms with Gasteiger partial charge in [0.15, 0.2) is 0 Å². The van der Waals surface area contributed by atoms with Crippen LogP contribution in [-0.4, -0.2) is 47.7 Å². The van der Waals surface area contributed by atoms with Crippen LogP contribution in [0.1, 0.15) is 61.4 Å². The number of rotatable bonds is 7. The molecule has 3 unspecified atom stereocenters. The van der Waals surface area contributed by atoms with Crippen LogP contribution >= 0.6 is 11.6 Å². The van der Waals surface area contributed by atoms with Gasteiger partial charge in [-0.15, -0.1) is 0 Å². The Morgan fingerprint density at radius 3 is 2.89 bits per heavy atom. The monoisotopic (exact) mass is 501 g/mol. The van der Waals surface area contributed by atoms with E-state index < -0.39 is 5.82 Å². The molecule has 0 radical (unpaired) electrons. The second-order valence-electron chi connectivity index (χ2n) is 9.90. The molecule has 1 amide bonds. The number of anilines is 1. The fourth-order valence-electron chi connectivity index (χ4n) is 5.35. The van der Waals surface area contributed by atoms with Crippen LogP contribution in [0.2, 0.25) is 5.02 Å². The van der Waals surface area contributed by atoms with Gasteiger partial charge in [-0.2, -0.15) is 0 Å². The van der Waals surface area contributed by atoms with E-state index in [9.17, 15) is 9.18 Å². The number of carbonyl (C=O) groups excluding carboxylic acids is 1. The highest BCUT2D eigenvalue weighted by Gasteiger charge is 2.30. The summed E-state index contributed by atoms with van der Waals surface area (Å²) >= 11 is 5.91. The van der Waals surface area contributed by atoms with Gasteiger partial charge < -0.3 is 20.7 Å². The number of hydrogen-bond acceptors (Lipinski definition) is 6. The van der Waals surface area contributed by atoms with Crippen LogP contribution in [0.15, 0.2) is 24.4 Å². The van der Waals surface area contributed by atoms with E-state index in [-0.39, 0.29) is 22.9 Å². The van der Waals surface area contributed by atoms with Gasteiger partial charge in [0.05, 0.1) is 11.1 Å². The fraction of sp³-hybridized carbons (Fsp3) is 0.577. The van der Waals surface area contributed by atoms with Gasteiger partial charge in [0.25, 0.3) is 0 Å². The second-order valence-corrected chi connectivity index (χ2v) is 10.3. The standard InChI is InChI=1S/C26H33ClFN5O2/c27-21-6-5-16(12-22(21)28)24(14-20-2-1-9-29-20)32-25(34)17-3-4-18-15-30-26(33-23(18)13-17)31-19-7-10-35-11-8-19/h5-6,12,15,17,19-20,24,29H,1-4,7-11,13-14H2,(H,32,34)(H,30,31,33). The zero-order valence-electron chi connectivity index (χ0n) is 19.9. The Morgan fingerprint density at radius 2 is 2.11 bits per heavy atom. The van der Waals surface area contributed by atoms with E-state index in [1.807, 2.05) is 12.3 Å². The molecule has 3 atom stereocenters. The minimum absolute atomic E-state index is 0.00782. The van der Waals surface area contributed by atoms with Crippen molar-refractivity contribution in [2.45, 2.75) is 69.5 Å². The molecule has 3 heterocycles. The molecule has 35 heavy (non-hydrogen) atoms. The largest absolute Gasteiger partial charge is 0.381 e. The Balaban J connectivity index is 1.27. The van der Waals surface area contributed by atoms with Gasteiger partial charge in [0.1, 0.15) is 5.82 Å². The van der Waals surface area contributed by atoms with Crippen LogP contribution in [-0.2, 0) is 22.4 Å². The Labute approximate surface area is 210 Å². The molecule has 1 aliphatic carbocycles. The highest BCUT2D eigenvalue weighted by atomic mass is 35.5. The van der Waals surface area contributed by atoms with Gasteiger partial charge in [-0.3, -0.25) is 4.79 Å². The number of carbonyl (C=O) groups is 1. The average Bonchev–Trinajstić information content (AvgIpc) is 3.39. The number of halogens is 2. The smallest absolute Gasteiger partial charge is 0.223 e. The summed E-state index contributed by atoms with van der Waals surface area (Å²) in [6, 6.07) is 5.16. The lowest BCUT2D eigenvalue weighted by Gasteiger charge is -2.28. The number of hydrogen-bond donors (Lipinski definition) is 3. The van der Waals surface area contributed by atoms with E-state index in [0.717, 1.165) is 81.5 Å². The van der Waals surface area contributed by atoms with Crippen molar-refractivity contribution < 1.29 is 13.9 Å². The topological polar surface area (TPSA) is 88.2 Å². The summed E-state index contributed by atoms with van der Waals surface area (Å²) in [5.41, 5.74) is 2.79. The molecule has 1 aromatic heterocycles. The lowest BCUT2D eigenvalue weighted by Crippen LogP contribution is -2.39. The molecule has 2 saturated heterocycles. The van der Waals surface area contributed by atoms with E-state index in [1.165, 1.54) is 6.07 Å². The molecule has 3 aliphatic rings. The Hall–Kier alpha value is -2.29. The van der Waals surface area contributed by atoms with Crippen molar-refractivity contribution in [1.82, 2.24) is 20.6 Å². The normalized spacial score (nSPS) is 23.5. The number of benzene rings is 1. The summed E-state index contributed by atoms with van der Waals surface area (Å²) in [5, 5.41) is 10.2. The van der Waals surface area contributed by atoms with Crippen LogP contribution in [0.4, 0.5) is 10.3 Å². The molecule has 0 saturated carbocycles. The average molecular weight is 502 g/mol. The van der Waals surface area contributed by atoms with Gasteiger partial charge in [-0.25, -0.2) is 14.4 Å². The molecule has 5 rings (SSSR count). The van der Waals surface area contributed by atoms with Crippen LogP contribution in [0, 0.1) is 11.7 Å². The summed E-state index contributed by atoms with van der Waals surface area (Å²) in [4.78, 5) is 22.7. The summed E-state index contributed by atoms with van der Waals surface area (Å²) in [6.45, 7) is 2.48. The van der Waals surface area contributed by atoms with Gasteiger partial charge in [-0.05, 0) is 74.8 Å². The first-order chi connectivity index (χ1) is 17.0. The molecule has 2 aliphatic heterocycles. The molecule has 3 N–H and O–H groups in total. The third-order valence-corrected chi connectivity index (χ3v) is 7.73. The lowest BCUT2D eigenvalue weighted by atomic mass is 9.86. The summed E-state index contributed by atoms with van der Waals surface area (Å²) in [6.07, 6.45) is 8.76. The van der Waals surface area contributed by atoms with Crippen molar-refractivity contribution in [3.05, 3.63) is 52.1 Å². The highest BCUT2D eigenvalue weighted by molar-refractivity contribution is 6.30. The molecule has 2 aromatic rings. The predicted octanol–water partition coefficient (Wildman–Crippen LogP) is 3.96. The number of nitrogens with zero attached hydrogens (tertiary/aromatic N) is 2. The minimum Gasteiger partial charge on any atom is -0.381 e. The van der Waals surface area contributed by atoms with E-state index in [2.05, 4.69) is 20.9 Å². The third-order valence-electron chi connectivity index (χ3n) is 7.43. The second kappa shape index (κ2) is 11.2. The van der Waals surface area contributed by atoms with E-state index in [0.29, 0.717) is 24.5 Å². The Bertz CT molecular complexity index is 1040.